The van der Waals surface area contributed by atoms with Gasteiger partial charge in [-0.15, -0.1) is 0 Å². The number of rotatable bonds is 2. The molecule has 3 rings (SSSR count). The smallest absolute Gasteiger partial charge is 0.162 e. The lowest BCUT2D eigenvalue weighted by molar-refractivity contribution is 0.101. The van der Waals surface area contributed by atoms with E-state index in [0.29, 0.717) is 5.56 Å². The predicted molar refractivity (Wildman–Crippen MR) is 82.8 cm³/mol. The number of halogens is 1. The Labute approximate surface area is 124 Å². The third kappa shape index (κ3) is 2.44. The van der Waals surface area contributed by atoms with Crippen LogP contribution in [0.15, 0.2) is 42.5 Å². The van der Waals surface area contributed by atoms with E-state index in [0.717, 1.165) is 24.2 Å². The van der Waals surface area contributed by atoms with Crippen molar-refractivity contribution in [3.8, 4) is 0 Å². The summed E-state index contributed by atoms with van der Waals surface area (Å²) >= 11 is 0. The molecule has 108 valence electrons. The number of fused-ring (bicyclic) bond motifs is 1. The summed E-state index contributed by atoms with van der Waals surface area (Å²) in [5, 5.41) is 0. The van der Waals surface area contributed by atoms with Crippen LogP contribution in [0.2, 0.25) is 0 Å². The summed E-state index contributed by atoms with van der Waals surface area (Å²) < 4.78 is 13.5. The van der Waals surface area contributed by atoms with Crippen LogP contribution in [0.4, 0.5) is 15.8 Å². The monoisotopic (exact) mass is 283 g/mol. The average Bonchev–Trinajstić information content (AvgIpc) is 2.47. The van der Waals surface area contributed by atoms with E-state index in [-0.39, 0.29) is 17.6 Å². The van der Waals surface area contributed by atoms with Crippen LogP contribution in [-0.2, 0) is 6.42 Å². The van der Waals surface area contributed by atoms with Gasteiger partial charge in [-0.2, -0.15) is 0 Å². The standard InChI is InChI=1S/C18H18FNO/c1-12-7-8-14-5-3-4-6-17(14)20(12)18-10-9-15(19)11-16(18)13(2)21/h3-6,9-12H,7-8H2,1-2H3. The number of benzene rings is 2. The molecule has 0 bridgehead atoms. The Kier molecular flexibility index (Phi) is 3.50. The molecule has 3 heteroatoms. The van der Waals surface area contributed by atoms with Crippen molar-refractivity contribution in [3.05, 3.63) is 59.4 Å². The highest BCUT2D eigenvalue weighted by Crippen LogP contribution is 2.38. The molecule has 1 unspecified atom stereocenters. The first-order valence-electron chi connectivity index (χ1n) is 7.25. The maximum absolute atomic E-state index is 13.5. The van der Waals surface area contributed by atoms with Crippen LogP contribution < -0.4 is 4.90 Å². The number of ketones is 1. The minimum absolute atomic E-state index is 0.111. The number of anilines is 2. The molecule has 1 aliphatic heterocycles. The maximum atomic E-state index is 13.5. The highest BCUT2D eigenvalue weighted by Gasteiger charge is 2.26. The Morgan fingerprint density at radius 3 is 2.71 bits per heavy atom. The minimum atomic E-state index is -0.373. The van der Waals surface area contributed by atoms with Crippen molar-refractivity contribution < 1.29 is 9.18 Å². The van der Waals surface area contributed by atoms with Crippen molar-refractivity contribution in [3.63, 3.8) is 0 Å². The van der Waals surface area contributed by atoms with Crippen LogP contribution in [0.5, 0.6) is 0 Å². The molecular weight excluding hydrogens is 265 g/mol. The molecule has 0 aliphatic carbocycles. The number of para-hydroxylation sites is 1. The zero-order valence-electron chi connectivity index (χ0n) is 12.3. The molecule has 0 aromatic heterocycles. The minimum Gasteiger partial charge on any atom is -0.338 e. The van der Waals surface area contributed by atoms with Gasteiger partial charge < -0.3 is 4.90 Å². The zero-order chi connectivity index (χ0) is 15.0. The fraction of sp³-hybridized carbons (Fsp3) is 0.278. The number of hydrogen-bond acceptors (Lipinski definition) is 2. The van der Waals surface area contributed by atoms with Gasteiger partial charge in [0, 0.05) is 17.3 Å². The molecule has 0 radical (unpaired) electrons. The number of nitrogens with zero attached hydrogens (tertiary/aromatic N) is 1. The number of carbonyl (C=O) groups excluding carboxylic acids is 1. The van der Waals surface area contributed by atoms with Crippen molar-refractivity contribution in [1.82, 2.24) is 0 Å². The molecule has 0 fully saturated rings. The van der Waals surface area contributed by atoms with Crippen molar-refractivity contribution in [2.45, 2.75) is 32.7 Å². The van der Waals surface area contributed by atoms with Crippen molar-refractivity contribution in [2.75, 3.05) is 4.90 Å². The Hall–Kier alpha value is -2.16. The van der Waals surface area contributed by atoms with Crippen LogP contribution >= 0.6 is 0 Å². The van der Waals surface area contributed by atoms with Gasteiger partial charge in [0.15, 0.2) is 5.78 Å². The topological polar surface area (TPSA) is 20.3 Å². The number of Topliss-reactive ketones (excluding diaryl/α,β-unsaturated/α-hetero) is 1. The summed E-state index contributed by atoms with van der Waals surface area (Å²) in [6.07, 6.45) is 2.05. The molecular formula is C18H18FNO. The molecule has 1 atom stereocenters. The largest absolute Gasteiger partial charge is 0.338 e. The van der Waals surface area contributed by atoms with Gasteiger partial charge in [-0.3, -0.25) is 4.79 Å². The molecule has 1 heterocycles. The quantitative estimate of drug-likeness (QED) is 0.756. The molecule has 2 aromatic rings. The van der Waals surface area contributed by atoms with Gasteiger partial charge in [-0.1, -0.05) is 18.2 Å². The molecule has 2 aromatic carbocycles. The van der Waals surface area contributed by atoms with Crippen LogP contribution in [0.25, 0.3) is 0 Å². The first-order valence-corrected chi connectivity index (χ1v) is 7.25. The maximum Gasteiger partial charge on any atom is 0.162 e. The van der Waals surface area contributed by atoms with Gasteiger partial charge in [0.25, 0.3) is 0 Å². The summed E-state index contributed by atoms with van der Waals surface area (Å²) in [7, 11) is 0. The van der Waals surface area contributed by atoms with Crippen molar-refractivity contribution in [1.29, 1.82) is 0 Å². The molecule has 0 spiro atoms. The van der Waals surface area contributed by atoms with E-state index in [4.69, 9.17) is 0 Å². The second-order valence-electron chi connectivity index (χ2n) is 5.60. The zero-order valence-corrected chi connectivity index (χ0v) is 12.3. The normalized spacial score (nSPS) is 17.5. The van der Waals surface area contributed by atoms with E-state index in [1.54, 1.807) is 6.07 Å². The third-order valence-corrected chi connectivity index (χ3v) is 4.12. The first-order chi connectivity index (χ1) is 10.1. The molecule has 1 aliphatic rings. The fourth-order valence-corrected chi connectivity index (χ4v) is 3.06. The number of aryl methyl sites for hydroxylation is 1. The Balaban J connectivity index is 2.18. The van der Waals surface area contributed by atoms with Crippen molar-refractivity contribution >= 4 is 17.2 Å². The van der Waals surface area contributed by atoms with E-state index in [1.807, 2.05) is 12.1 Å². The molecule has 0 saturated heterocycles. The average molecular weight is 283 g/mol. The van der Waals surface area contributed by atoms with Gasteiger partial charge in [-0.25, -0.2) is 4.39 Å². The van der Waals surface area contributed by atoms with Crippen LogP contribution in [0.1, 0.15) is 36.2 Å². The molecule has 0 amide bonds. The van der Waals surface area contributed by atoms with E-state index < -0.39 is 0 Å². The second kappa shape index (κ2) is 5.32. The number of hydrogen-bond donors (Lipinski definition) is 0. The lowest BCUT2D eigenvalue weighted by atomic mass is 9.94. The highest BCUT2D eigenvalue weighted by molar-refractivity contribution is 6.00. The Morgan fingerprint density at radius 1 is 1.19 bits per heavy atom. The molecule has 21 heavy (non-hydrogen) atoms. The molecule has 0 saturated carbocycles. The van der Waals surface area contributed by atoms with Gasteiger partial charge in [0.2, 0.25) is 0 Å². The van der Waals surface area contributed by atoms with E-state index in [2.05, 4.69) is 24.0 Å². The third-order valence-electron chi connectivity index (χ3n) is 4.12. The fourth-order valence-electron chi connectivity index (χ4n) is 3.06. The summed E-state index contributed by atoms with van der Waals surface area (Å²) in [6.45, 7) is 3.63. The summed E-state index contributed by atoms with van der Waals surface area (Å²) in [4.78, 5) is 14.0. The van der Waals surface area contributed by atoms with Crippen LogP contribution in [-0.4, -0.2) is 11.8 Å². The Bertz CT molecular complexity index is 695. The lowest BCUT2D eigenvalue weighted by Gasteiger charge is -2.38. The number of carbonyl (C=O) groups is 1. The summed E-state index contributed by atoms with van der Waals surface area (Å²) in [5.74, 6) is -0.485. The Morgan fingerprint density at radius 2 is 1.95 bits per heavy atom. The van der Waals surface area contributed by atoms with Gasteiger partial charge in [0.05, 0.1) is 5.69 Å². The highest BCUT2D eigenvalue weighted by atomic mass is 19.1. The molecule has 2 nitrogen and oxygen atoms in total. The van der Waals surface area contributed by atoms with E-state index >= 15 is 0 Å². The predicted octanol–water partition coefficient (Wildman–Crippen LogP) is 4.50. The van der Waals surface area contributed by atoms with Gasteiger partial charge in [-0.05, 0) is 56.5 Å². The van der Waals surface area contributed by atoms with Gasteiger partial charge in [0.1, 0.15) is 5.82 Å². The van der Waals surface area contributed by atoms with E-state index in [9.17, 15) is 9.18 Å². The van der Waals surface area contributed by atoms with Gasteiger partial charge >= 0.3 is 0 Å². The molecule has 0 N–H and O–H groups in total. The van der Waals surface area contributed by atoms with E-state index in [1.165, 1.54) is 24.6 Å². The van der Waals surface area contributed by atoms with Crippen molar-refractivity contribution in [2.24, 2.45) is 0 Å². The lowest BCUT2D eigenvalue weighted by Crippen LogP contribution is -2.34. The SMILES string of the molecule is CC(=O)c1cc(F)ccc1N1c2ccccc2CCC1C. The summed E-state index contributed by atoms with van der Waals surface area (Å²) in [5.41, 5.74) is 3.63. The first kappa shape index (κ1) is 13.8. The summed E-state index contributed by atoms with van der Waals surface area (Å²) in [6, 6.07) is 13.0. The van der Waals surface area contributed by atoms with Crippen LogP contribution in [0.3, 0.4) is 0 Å². The second-order valence-corrected chi connectivity index (χ2v) is 5.60. The van der Waals surface area contributed by atoms with Crippen LogP contribution in [0, 0.1) is 5.82 Å².